The number of nitrogens with zero attached hydrogens (tertiary/aromatic N) is 2. The molecule has 2 aromatic rings. The molecule has 0 aliphatic carbocycles. The van der Waals surface area contributed by atoms with Crippen molar-refractivity contribution < 1.29 is 4.74 Å². The molecule has 0 fully saturated rings. The van der Waals surface area contributed by atoms with E-state index in [1.54, 1.807) is 7.11 Å². The van der Waals surface area contributed by atoms with Gasteiger partial charge in [-0.2, -0.15) is 0 Å². The highest BCUT2D eigenvalue weighted by molar-refractivity contribution is 9.10. The fourth-order valence-electron chi connectivity index (χ4n) is 1.93. The summed E-state index contributed by atoms with van der Waals surface area (Å²) >= 11 is 3.48. The Labute approximate surface area is 121 Å². The summed E-state index contributed by atoms with van der Waals surface area (Å²) in [7, 11) is 1.66. The first-order valence-corrected chi connectivity index (χ1v) is 7.07. The largest absolute Gasteiger partial charge is 0.496 e. The number of benzene rings is 1. The van der Waals surface area contributed by atoms with Crippen LogP contribution in [0.3, 0.4) is 0 Å². The molecule has 0 saturated heterocycles. The number of anilines is 2. The highest BCUT2D eigenvalue weighted by Gasteiger charge is 2.07. The molecule has 0 aliphatic heterocycles. The van der Waals surface area contributed by atoms with Crippen LogP contribution in [0.4, 0.5) is 11.6 Å². The molecule has 4 nitrogen and oxygen atoms in total. The van der Waals surface area contributed by atoms with Crippen molar-refractivity contribution in [2.24, 2.45) is 0 Å². The average Bonchev–Trinajstić information content (AvgIpc) is 2.70. The van der Waals surface area contributed by atoms with Crippen molar-refractivity contribution in [3.05, 3.63) is 34.6 Å². The summed E-state index contributed by atoms with van der Waals surface area (Å²) in [5.41, 5.74) is 2.00. The minimum Gasteiger partial charge on any atom is -0.496 e. The fraction of sp³-hybridized carbons (Fsp3) is 0.357. The van der Waals surface area contributed by atoms with Gasteiger partial charge in [0.05, 0.1) is 17.3 Å². The number of aromatic nitrogens is 2. The highest BCUT2D eigenvalue weighted by atomic mass is 79.9. The van der Waals surface area contributed by atoms with Gasteiger partial charge in [-0.1, -0.05) is 6.92 Å². The lowest BCUT2D eigenvalue weighted by Gasteiger charge is -2.10. The van der Waals surface area contributed by atoms with Gasteiger partial charge in [-0.05, 0) is 47.5 Å². The van der Waals surface area contributed by atoms with Crippen LogP contribution in [0.25, 0.3) is 0 Å². The Bertz CT molecular complexity index is 566. The average molecular weight is 324 g/mol. The lowest BCUT2D eigenvalue weighted by Crippen LogP contribution is -2.02. The first-order valence-electron chi connectivity index (χ1n) is 6.28. The Hall–Kier alpha value is -1.49. The molecule has 0 spiro atoms. The fourth-order valence-corrected chi connectivity index (χ4v) is 2.47. The summed E-state index contributed by atoms with van der Waals surface area (Å²) < 4.78 is 8.28. The number of methoxy groups -OCH3 is 1. The lowest BCUT2D eigenvalue weighted by atomic mass is 10.3. The molecule has 1 N–H and O–H groups in total. The topological polar surface area (TPSA) is 39.1 Å². The SMILES string of the molecule is CCCn1cc(C)nc1Nc1ccc(OC)c(Br)c1. The maximum absolute atomic E-state index is 5.22. The number of nitrogens with one attached hydrogen (secondary N) is 1. The van der Waals surface area contributed by atoms with E-state index in [1.807, 2.05) is 25.1 Å². The van der Waals surface area contributed by atoms with E-state index < -0.39 is 0 Å². The first kappa shape index (κ1) is 13.9. The first-order chi connectivity index (χ1) is 9.13. The van der Waals surface area contributed by atoms with E-state index in [-0.39, 0.29) is 0 Å². The van der Waals surface area contributed by atoms with E-state index >= 15 is 0 Å². The van der Waals surface area contributed by atoms with Gasteiger partial charge in [0.25, 0.3) is 0 Å². The third-order valence-corrected chi connectivity index (χ3v) is 3.39. The van der Waals surface area contributed by atoms with E-state index in [4.69, 9.17) is 4.74 Å². The molecule has 0 bridgehead atoms. The number of hydrogen-bond donors (Lipinski definition) is 1. The minimum absolute atomic E-state index is 0.818. The monoisotopic (exact) mass is 323 g/mol. The molecule has 0 atom stereocenters. The molecule has 19 heavy (non-hydrogen) atoms. The van der Waals surface area contributed by atoms with Gasteiger partial charge in [-0.25, -0.2) is 4.98 Å². The quantitative estimate of drug-likeness (QED) is 0.899. The molecule has 1 aromatic carbocycles. The van der Waals surface area contributed by atoms with Gasteiger partial charge >= 0.3 is 0 Å². The van der Waals surface area contributed by atoms with Gasteiger partial charge in [0.2, 0.25) is 5.95 Å². The number of halogens is 1. The zero-order chi connectivity index (χ0) is 13.8. The summed E-state index contributed by atoms with van der Waals surface area (Å²) in [6.07, 6.45) is 3.14. The second-order valence-electron chi connectivity index (χ2n) is 4.37. The Balaban J connectivity index is 2.23. The summed E-state index contributed by atoms with van der Waals surface area (Å²) in [4.78, 5) is 4.50. The molecule has 0 amide bonds. The normalized spacial score (nSPS) is 10.5. The van der Waals surface area contributed by atoms with Crippen LogP contribution >= 0.6 is 15.9 Å². The smallest absolute Gasteiger partial charge is 0.207 e. The molecule has 0 saturated carbocycles. The van der Waals surface area contributed by atoms with Crippen LogP contribution in [0.1, 0.15) is 19.0 Å². The molecule has 102 valence electrons. The Morgan fingerprint density at radius 1 is 1.42 bits per heavy atom. The van der Waals surface area contributed by atoms with Gasteiger partial charge in [0.15, 0.2) is 0 Å². The third-order valence-electron chi connectivity index (χ3n) is 2.77. The molecule has 0 aliphatic rings. The van der Waals surface area contributed by atoms with Crippen molar-refractivity contribution in [2.75, 3.05) is 12.4 Å². The van der Waals surface area contributed by atoms with Gasteiger partial charge in [0, 0.05) is 18.4 Å². The molecule has 0 radical (unpaired) electrons. The van der Waals surface area contributed by atoms with Gasteiger partial charge in [0.1, 0.15) is 5.75 Å². The maximum atomic E-state index is 5.22. The van der Waals surface area contributed by atoms with E-state index in [2.05, 4.69) is 43.9 Å². The second-order valence-corrected chi connectivity index (χ2v) is 5.23. The standard InChI is InChI=1S/C14H18BrN3O/c1-4-7-18-9-10(2)16-14(18)17-11-5-6-13(19-3)12(15)8-11/h5-6,8-9H,4,7H2,1-3H3,(H,16,17). The van der Waals surface area contributed by atoms with Crippen LogP contribution < -0.4 is 10.1 Å². The third kappa shape index (κ3) is 3.29. The highest BCUT2D eigenvalue weighted by Crippen LogP contribution is 2.29. The van der Waals surface area contributed by atoms with Gasteiger partial charge in [-0.15, -0.1) is 0 Å². The summed E-state index contributed by atoms with van der Waals surface area (Å²) in [5.74, 6) is 1.69. The van der Waals surface area contributed by atoms with Crippen molar-refractivity contribution in [1.82, 2.24) is 9.55 Å². The summed E-state index contributed by atoms with van der Waals surface area (Å²) in [6.45, 7) is 5.12. The molecular weight excluding hydrogens is 306 g/mol. The maximum Gasteiger partial charge on any atom is 0.207 e. The minimum atomic E-state index is 0.818. The predicted octanol–water partition coefficient (Wildman–Crippen LogP) is 4.12. The number of hydrogen-bond acceptors (Lipinski definition) is 3. The van der Waals surface area contributed by atoms with Crippen molar-refractivity contribution in [1.29, 1.82) is 0 Å². The summed E-state index contributed by atoms with van der Waals surface area (Å²) in [5, 5.41) is 3.34. The van der Waals surface area contributed by atoms with Crippen LogP contribution in [0.15, 0.2) is 28.9 Å². The molecule has 5 heteroatoms. The predicted molar refractivity (Wildman–Crippen MR) is 81.2 cm³/mol. The molecule has 1 aromatic heterocycles. The van der Waals surface area contributed by atoms with Crippen molar-refractivity contribution >= 4 is 27.6 Å². The van der Waals surface area contributed by atoms with Gasteiger partial charge < -0.3 is 14.6 Å². The van der Waals surface area contributed by atoms with Crippen LogP contribution in [0.2, 0.25) is 0 Å². The Kier molecular flexibility index (Phi) is 4.47. The number of imidazole rings is 1. The van der Waals surface area contributed by atoms with Crippen molar-refractivity contribution in [2.45, 2.75) is 26.8 Å². The zero-order valence-corrected chi connectivity index (χ0v) is 13.0. The van der Waals surface area contributed by atoms with Crippen molar-refractivity contribution in [3.8, 4) is 5.75 Å². The van der Waals surface area contributed by atoms with E-state index in [1.165, 1.54) is 0 Å². The van der Waals surface area contributed by atoms with E-state index in [0.717, 1.165) is 40.5 Å². The molecule has 0 unspecified atom stereocenters. The van der Waals surface area contributed by atoms with Crippen LogP contribution in [0.5, 0.6) is 5.75 Å². The van der Waals surface area contributed by atoms with Crippen molar-refractivity contribution in [3.63, 3.8) is 0 Å². The van der Waals surface area contributed by atoms with Crippen LogP contribution in [-0.4, -0.2) is 16.7 Å². The lowest BCUT2D eigenvalue weighted by molar-refractivity contribution is 0.412. The molecular formula is C14H18BrN3O. The Morgan fingerprint density at radius 2 is 2.21 bits per heavy atom. The van der Waals surface area contributed by atoms with E-state index in [0.29, 0.717) is 0 Å². The van der Waals surface area contributed by atoms with Crippen LogP contribution in [0, 0.1) is 6.92 Å². The molecule has 1 heterocycles. The summed E-state index contributed by atoms with van der Waals surface area (Å²) in [6, 6.07) is 5.88. The van der Waals surface area contributed by atoms with E-state index in [9.17, 15) is 0 Å². The second kappa shape index (κ2) is 6.10. The number of rotatable bonds is 5. The number of ether oxygens (including phenoxy) is 1. The van der Waals surface area contributed by atoms with Gasteiger partial charge in [-0.3, -0.25) is 0 Å². The molecule has 2 rings (SSSR count). The Morgan fingerprint density at radius 3 is 2.84 bits per heavy atom. The zero-order valence-electron chi connectivity index (χ0n) is 11.4. The van der Waals surface area contributed by atoms with Crippen LogP contribution in [-0.2, 0) is 6.54 Å². The number of aryl methyl sites for hydroxylation is 2.